The molecule has 16 heavy (non-hydrogen) atoms. The van der Waals surface area contributed by atoms with Crippen LogP contribution in [-0.2, 0) is 6.54 Å². The van der Waals surface area contributed by atoms with Crippen LogP contribution in [-0.4, -0.2) is 11.5 Å². The van der Waals surface area contributed by atoms with Gasteiger partial charge in [-0.1, -0.05) is 0 Å². The fraction of sp³-hybridized carbons (Fsp3) is 0.417. The summed E-state index contributed by atoms with van der Waals surface area (Å²) in [6, 6.07) is 2.13. The molecule has 0 atom stereocenters. The lowest BCUT2D eigenvalue weighted by molar-refractivity contribution is 0.632. The molecule has 0 aliphatic heterocycles. The summed E-state index contributed by atoms with van der Waals surface area (Å²) in [7, 11) is 0. The van der Waals surface area contributed by atoms with Crippen LogP contribution in [0.4, 0.5) is 0 Å². The van der Waals surface area contributed by atoms with Gasteiger partial charge in [-0.3, -0.25) is 0 Å². The van der Waals surface area contributed by atoms with Gasteiger partial charge in [0.15, 0.2) is 0 Å². The van der Waals surface area contributed by atoms with Crippen molar-refractivity contribution in [2.75, 3.05) is 6.54 Å². The van der Waals surface area contributed by atoms with Crippen molar-refractivity contribution in [2.45, 2.75) is 19.4 Å². The third-order valence-corrected chi connectivity index (χ3v) is 4.38. The summed E-state index contributed by atoms with van der Waals surface area (Å²) in [5, 5.41) is 11.0. The van der Waals surface area contributed by atoms with Gasteiger partial charge in [0, 0.05) is 22.9 Å². The molecule has 1 fully saturated rings. The maximum atomic E-state index is 4.63. The second-order valence-electron chi connectivity index (χ2n) is 4.23. The highest BCUT2D eigenvalue weighted by Gasteiger charge is 2.20. The standard InChI is InChI=1S/C12H14N2S2/c1-2-9(1)5-13-6-11-8-16-12(14-11)10-3-4-15-7-10/h3-4,7-9,13H,1-2,5-6H2. The van der Waals surface area contributed by atoms with E-state index in [4.69, 9.17) is 0 Å². The Hall–Kier alpha value is -0.710. The molecule has 0 amide bonds. The van der Waals surface area contributed by atoms with Crippen LogP contribution in [0.15, 0.2) is 22.2 Å². The van der Waals surface area contributed by atoms with E-state index in [9.17, 15) is 0 Å². The number of hydrogen-bond donors (Lipinski definition) is 1. The molecule has 0 bridgehead atoms. The van der Waals surface area contributed by atoms with Crippen LogP contribution in [0.2, 0.25) is 0 Å². The lowest BCUT2D eigenvalue weighted by atomic mass is 10.3. The van der Waals surface area contributed by atoms with Crippen molar-refractivity contribution >= 4 is 22.7 Å². The topological polar surface area (TPSA) is 24.9 Å². The first kappa shape index (κ1) is 10.4. The minimum absolute atomic E-state index is 0.914. The molecule has 2 aromatic rings. The molecular formula is C12H14N2S2. The van der Waals surface area contributed by atoms with E-state index in [1.54, 1.807) is 22.7 Å². The number of nitrogens with one attached hydrogen (secondary N) is 1. The van der Waals surface area contributed by atoms with E-state index in [2.05, 4.69) is 32.5 Å². The van der Waals surface area contributed by atoms with Crippen molar-refractivity contribution < 1.29 is 0 Å². The first-order valence-electron chi connectivity index (χ1n) is 5.59. The first-order valence-corrected chi connectivity index (χ1v) is 7.42. The predicted octanol–water partition coefficient (Wildman–Crippen LogP) is 3.37. The Morgan fingerprint density at radius 1 is 1.38 bits per heavy atom. The predicted molar refractivity (Wildman–Crippen MR) is 69.9 cm³/mol. The van der Waals surface area contributed by atoms with Crippen molar-refractivity contribution in [1.29, 1.82) is 0 Å². The Morgan fingerprint density at radius 2 is 2.31 bits per heavy atom. The summed E-state index contributed by atoms with van der Waals surface area (Å²) in [4.78, 5) is 4.63. The Balaban J connectivity index is 1.59. The van der Waals surface area contributed by atoms with Crippen molar-refractivity contribution in [1.82, 2.24) is 10.3 Å². The van der Waals surface area contributed by atoms with Crippen molar-refractivity contribution in [3.63, 3.8) is 0 Å². The monoisotopic (exact) mass is 250 g/mol. The number of thiazole rings is 1. The molecule has 2 heterocycles. The molecule has 2 aromatic heterocycles. The van der Waals surface area contributed by atoms with Crippen molar-refractivity contribution in [2.24, 2.45) is 5.92 Å². The van der Waals surface area contributed by atoms with Gasteiger partial charge in [-0.2, -0.15) is 11.3 Å². The number of nitrogens with zero attached hydrogens (tertiary/aromatic N) is 1. The van der Waals surface area contributed by atoms with Gasteiger partial charge in [-0.05, 0) is 36.8 Å². The number of aromatic nitrogens is 1. The number of hydrogen-bond acceptors (Lipinski definition) is 4. The van der Waals surface area contributed by atoms with Crippen LogP contribution in [0.3, 0.4) is 0 Å². The average Bonchev–Trinajstić information content (AvgIpc) is 2.83. The van der Waals surface area contributed by atoms with Crippen molar-refractivity contribution in [3.8, 4) is 10.6 Å². The van der Waals surface area contributed by atoms with Gasteiger partial charge in [0.1, 0.15) is 5.01 Å². The van der Waals surface area contributed by atoms with Gasteiger partial charge in [-0.25, -0.2) is 4.98 Å². The SMILES string of the molecule is c1cc(-c2nc(CNCC3CC3)cs2)cs1. The van der Waals surface area contributed by atoms with E-state index in [1.165, 1.54) is 24.1 Å². The molecule has 3 rings (SSSR count). The minimum Gasteiger partial charge on any atom is -0.311 e. The molecule has 84 valence electrons. The Morgan fingerprint density at radius 3 is 3.06 bits per heavy atom. The molecule has 2 nitrogen and oxygen atoms in total. The molecule has 0 saturated heterocycles. The zero-order valence-electron chi connectivity index (χ0n) is 8.98. The second-order valence-corrected chi connectivity index (χ2v) is 5.87. The Labute approximate surface area is 103 Å². The molecule has 1 aliphatic carbocycles. The summed E-state index contributed by atoms with van der Waals surface area (Å²) >= 11 is 3.46. The normalized spacial score (nSPS) is 15.5. The first-order chi connectivity index (χ1) is 7.92. The summed E-state index contributed by atoms with van der Waals surface area (Å²) < 4.78 is 0. The van der Waals surface area contributed by atoms with Crippen LogP contribution in [0.5, 0.6) is 0 Å². The summed E-state index contributed by atoms with van der Waals surface area (Å²) in [6.07, 6.45) is 2.81. The summed E-state index contributed by atoms with van der Waals surface area (Å²) in [5.41, 5.74) is 2.43. The minimum atomic E-state index is 0.914. The number of rotatable bonds is 5. The maximum Gasteiger partial charge on any atom is 0.124 e. The lowest BCUT2D eigenvalue weighted by Crippen LogP contribution is -2.16. The molecule has 0 radical (unpaired) electrons. The smallest absolute Gasteiger partial charge is 0.124 e. The van der Waals surface area contributed by atoms with E-state index in [1.807, 2.05) is 0 Å². The van der Waals surface area contributed by atoms with Gasteiger partial charge in [-0.15, -0.1) is 11.3 Å². The van der Waals surface area contributed by atoms with Gasteiger partial charge in [0.05, 0.1) is 5.69 Å². The van der Waals surface area contributed by atoms with Crippen molar-refractivity contribution in [3.05, 3.63) is 27.9 Å². The Kier molecular flexibility index (Phi) is 3.04. The largest absolute Gasteiger partial charge is 0.311 e. The molecule has 0 aromatic carbocycles. The van der Waals surface area contributed by atoms with Gasteiger partial charge in [0.25, 0.3) is 0 Å². The molecule has 1 N–H and O–H groups in total. The van der Waals surface area contributed by atoms with Crippen LogP contribution >= 0.6 is 22.7 Å². The molecular weight excluding hydrogens is 236 g/mol. The second kappa shape index (κ2) is 4.65. The fourth-order valence-corrected chi connectivity index (χ4v) is 3.17. The quantitative estimate of drug-likeness (QED) is 0.880. The molecule has 0 spiro atoms. The Bertz CT molecular complexity index is 443. The molecule has 1 saturated carbocycles. The third kappa shape index (κ3) is 2.51. The maximum absolute atomic E-state index is 4.63. The van der Waals surface area contributed by atoms with Crippen LogP contribution < -0.4 is 5.32 Å². The van der Waals surface area contributed by atoms with Crippen LogP contribution in [0.25, 0.3) is 10.6 Å². The van der Waals surface area contributed by atoms with E-state index in [0.717, 1.165) is 24.0 Å². The van der Waals surface area contributed by atoms with Crippen LogP contribution in [0.1, 0.15) is 18.5 Å². The average molecular weight is 250 g/mol. The van der Waals surface area contributed by atoms with Gasteiger partial charge in [0.2, 0.25) is 0 Å². The molecule has 4 heteroatoms. The third-order valence-electron chi connectivity index (χ3n) is 2.76. The fourth-order valence-electron chi connectivity index (χ4n) is 1.63. The summed E-state index contributed by atoms with van der Waals surface area (Å²) in [5.74, 6) is 0.940. The molecule has 1 aliphatic rings. The van der Waals surface area contributed by atoms with Crippen LogP contribution in [0, 0.1) is 5.92 Å². The summed E-state index contributed by atoms with van der Waals surface area (Å²) in [6.45, 7) is 2.07. The van der Waals surface area contributed by atoms with E-state index < -0.39 is 0 Å². The van der Waals surface area contributed by atoms with E-state index in [0.29, 0.717) is 0 Å². The van der Waals surface area contributed by atoms with E-state index in [-0.39, 0.29) is 0 Å². The highest BCUT2D eigenvalue weighted by molar-refractivity contribution is 7.14. The highest BCUT2D eigenvalue weighted by atomic mass is 32.1. The highest BCUT2D eigenvalue weighted by Crippen LogP contribution is 2.28. The molecule has 0 unspecified atom stereocenters. The lowest BCUT2D eigenvalue weighted by Gasteiger charge is -1.99. The van der Waals surface area contributed by atoms with E-state index >= 15 is 0 Å². The zero-order chi connectivity index (χ0) is 10.8. The number of thiophene rings is 1. The van der Waals surface area contributed by atoms with Gasteiger partial charge < -0.3 is 5.32 Å². The van der Waals surface area contributed by atoms with Gasteiger partial charge >= 0.3 is 0 Å². The zero-order valence-corrected chi connectivity index (χ0v) is 10.6.